The van der Waals surface area contributed by atoms with Crippen molar-refractivity contribution in [2.75, 3.05) is 20.7 Å². The van der Waals surface area contributed by atoms with E-state index in [-0.39, 0.29) is 0 Å². The van der Waals surface area contributed by atoms with Crippen LogP contribution in [0.3, 0.4) is 0 Å². The predicted octanol–water partition coefficient (Wildman–Crippen LogP) is 1.33. The lowest BCUT2D eigenvalue weighted by Gasteiger charge is -2.29. The first kappa shape index (κ1) is 10.5. The lowest BCUT2D eigenvalue weighted by molar-refractivity contribution is 0.119. The maximum atomic E-state index is 5.79. The molecule has 0 saturated heterocycles. The standard InChI is InChI=1S/C11H19N3O/c1-8(2)10-5-12-14-6-9(13(3)4)7-15-11(10)14/h5,8-9H,6-7H2,1-4H3. The molecule has 15 heavy (non-hydrogen) atoms. The Hall–Kier alpha value is -1.03. The van der Waals surface area contributed by atoms with Crippen LogP contribution in [-0.4, -0.2) is 41.4 Å². The van der Waals surface area contributed by atoms with Gasteiger partial charge in [-0.1, -0.05) is 13.8 Å². The monoisotopic (exact) mass is 209 g/mol. The molecule has 0 amide bonds. The van der Waals surface area contributed by atoms with Crippen LogP contribution in [0.15, 0.2) is 6.20 Å². The highest BCUT2D eigenvalue weighted by molar-refractivity contribution is 5.28. The second kappa shape index (κ2) is 3.85. The van der Waals surface area contributed by atoms with Crippen LogP contribution in [0.25, 0.3) is 0 Å². The van der Waals surface area contributed by atoms with Crippen LogP contribution in [0.5, 0.6) is 5.88 Å². The van der Waals surface area contributed by atoms with E-state index in [4.69, 9.17) is 4.74 Å². The molecule has 0 aromatic carbocycles. The summed E-state index contributed by atoms with van der Waals surface area (Å²) in [5, 5.41) is 4.38. The van der Waals surface area contributed by atoms with E-state index in [1.54, 1.807) is 0 Å². The summed E-state index contributed by atoms with van der Waals surface area (Å²) >= 11 is 0. The Kier molecular flexibility index (Phi) is 2.69. The van der Waals surface area contributed by atoms with Gasteiger partial charge in [-0.2, -0.15) is 5.10 Å². The van der Waals surface area contributed by atoms with Crippen LogP contribution in [0.4, 0.5) is 0 Å². The van der Waals surface area contributed by atoms with Gasteiger partial charge < -0.3 is 9.64 Å². The number of nitrogens with zero attached hydrogens (tertiary/aromatic N) is 3. The van der Waals surface area contributed by atoms with Gasteiger partial charge in [0, 0.05) is 5.56 Å². The van der Waals surface area contributed by atoms with Crippen LogP contribution < -0.4 is 4.74 Å². The average Bonchev–Trinajstić information content (AvgIpc) is 2.59. The second-order valence-electron chi connectivity index (χ2n) is 4.67. The summed E-state index contributed by atoms with van der Waals surface area (Å²) in [6.45, 7) is 6.02. The van der Waals surface area contributed by atoms with Gasteiger partial charge in [-0.3, -0.25) is 0 Å². The van der Waals surface area contributed by atoms with E-state index < -0.39 is 0 Å². The minimum absolute atomic E-state index is 0.428. The lowest BCUT2D eigenvalue weighted by atomic mass is 10.1. The van der Waals surface area contributed by atoms with Crippen LogP contribution >= 0.6 is 0 Å². The molecule has 2 heterocycles. The molecule has 0 spiro atoms. The Morgan fingerprint density at radius 3 is 2.87 bits per heavy atom. The number of fused-ring (bicyclic) bond motifs is 1. The second-order valence-corrected chi connectivity index (χ2v) is 4.67. The van der Waals surface area contributed by atoms with Crippen molar-refractivity contribution < 1.29 is 4.74 Å². The summed E-state index contributed by atoms with van der Waals surface area (Å²) in [5.41, 5.74) is 1.22. The van der Waals surface area contributed by atoms with E-state index in [1.807, 2.05) is 10.9 Å². The van der Waals surface area contributed by atoms with Gasteiger partial charge in [0.2, 0.25) is 5.88 Å². The van der Waals surface area contributed by atoms with Gasteiger partial charge in [-0.15, -0.1) is 0 Å². The molecule has 4 nitrogen and oxygen atoms in total. The molecule has 1 aliphatic rings. The van der Waals surface area contributed by atoms with Gasteiger partial charge in [0.05, 0.1) is 18.8 Å². The molecule has 1 aromatic heterocycles. The zero-order valence-corrected chi connectivity index (χ0v) is 9.90. The molecule has 0 N–H and O–H groups in total. The van der Waals surface area contributed by atoms with Gasteiger partial charge in [0.25, 0.3) is 0 Å². The molecule has 1 unspecified atom stereocenters. The van der Waals surface area contributed by atoms with Crippen molar-refractivity contribution in [1.29, 1.82) is 0 Å². The average molecular weight is 209 g/mol. The third-order valence-electron chi connectivity index (χ3n) is 2.97. The molecule has 2 rings (SSSR count). The molecule has 0 fully saturated rings. The fourth-order valence-electron chi connectivity index (χ4n) is 1.81. The fraction of sp³-hybridized carbons (Fsp3) is 0.727. The molecule has 0 radical (unpaired) electrons. The summed E-state index contributed by atoms with van der Waals surface area (Å²) in [6, 6.07) is 0.428. The molecular weight excluding hydrogens is 190 g/mol. The van der Waals surface area contributed by atoms with Gasteiger partial charge >= 0.3 is 0 Å². The van der Waals surface area contributed by atoms with Crippen molar-refractivity contribution in [3.8, 4) is 5.88 Å². The number of likely N-dealkylation sites (N-methyl/N-ethyl adjacent to an activating group) is 1. The van der Waals surface area contributed by atoms with Gasteiger partial charge in [-0.25, -0.2) is 4.68 Å². The summed E-state index contributed by atoms with van der Waals surface area (Å²) in [7, 11) is 4.15. The largest absolute Gasteiger partial charge is 0.476 e. The first-order valence-electron chi connectivity index (χ1n) is 5.44. The molecule has 1 atom stereocenters. The maximum absolute atomic E-state index is 5.79. The van der Waals surface area contributed by atoms with Crippen molar-refractivity contribution >= 4 is 0 Å². The quantitative estimate of drug-likeness (QED) is 0.736. The van der Waals surface area contributed by atoms with Crippen LogP contribution in [0.2, 0.25) is 0 Å². The highest BCUT2D eigenvalue weighted by Crippen LogP contribution is 2.29. The van der Waals surface area contributed by atoms with Gasteiger partial charge in [0.15, 0.2) is 0 Å². The topological polar surface area (TPSA) is 30.3 Å². The molecule has 0 bridgehead atoms. The van der Waals surface area contributed by atoms with E-state index >= 15 is 0 Å². The van der Waals surface area contributed by atoms with Crippen molar-refractivity contribution in [2.45, 2.75) is 32.4 Å². The molecule has 1 aromatic rings. The third-order valence-corrected chi connectivity index (χ3v) is 2.97. The summed E-state index contributed by atoms with van der Waals surface area (Å²) in [4.78, 5) is 2.18. The number of rotatable bonds is 2. The van der Waals surface area contributed by atoms with E-state index in [2.05, 4.69) is 37.9 Å². The van der Waals surface area contributed by atoms with E-state index in [0.29, 0.717) is 12.0 Å². The summed E-state index contributed by atoms with van der Waals surface area (Å²) < 4.78 is 7.76. The number of aromatic nitrogens is 2. The highest BCUT2D eigenvalue weighted by Gasteiger charge is 2.25. The molecule has 4 heteroatoms. The van der Waals surface area contributed by atoms with Crippen molar-refractivity contribution in [3.05, 3.63) is 11.8 Å². The smallest absolute Gasteiger partial charge is 0.215 e. The molecule has 0 saturated carbocycles. The molecule has 0 aliphatic carbocycles. The van der Waals surface area contributed by atoms with E-state index in [9.17, 15) is 0 Å². The summed E-state index contributed by atoms with van der Waals surface area (Å²) in [5.74, 6) is 1.44. The Balaban J connectivity index is 2.22. The van der Waals surface area contributed by atoms with E-state index in [1.165, 1.54) is 5.56 Å². The van der Waals surface area contributed by atoms with Crippen LogP contribution in [-0.2, 0) is 6.54 Å². The minimum atomic E-state index is 0.428. The lowest BCUT2D eigenvalue weighted by Crippen LogP contribution is -2.41. The SMILES string of the molecule is CC(C)c1cnn2c1OCC(N(C)C)C2. The maximum Gasteiger partial charge on any atom is 0.215 e. The number of hydrogen-bond donors (Lipinski definition) is 0. The predicted molar refractivity (Wildman–Crippen MR) is 59.3 cm³/mol. The zero-order valence-electron chi connectivity index (χ0n) is 9.90. The normalized spacial score (nSPS) is 20.5. The van der Waals surface area contributed by atoms with Crippen molar-refractivity contribution in [2.24, 2.45) is 0 Å². The van der Waals surface area contributed by atoms with Crippen molar-refractivity contribution in [1.82, 2.24) is 14.7 Å². The van der Waals surface area contributed by atoms with Crippen LogP contribution in [0.1, 0.15) is 25.3 Å². The van der Waals surface area contributed by atoms with Gasteiger partial charge in [0.1, 0.15) is 6.61 Å². The Morgan fingerprint density at radius 2 is 2.27 bits per heavy atom. The Labute approximate surface area is 90.8 Å². The molecule has 1 aliphatic heterocycles. The Bertz CT molecular complexity index is 344. The highest BCUT2D eigenvalue weighted by atomic mass is 16.5. The van der Waals surface area contributed by atoms with Gasteiger partial charge in [-0.05, 0) is 20.0 Å². The number of ether oxygens (including phenoxy) is 1. The van der Waals surface area contributed by atoms with E-state index in [0.717, 1.165) is 19.0 Å². The van der Waals surface area contributed by atoms with Crippen LogP contribution in [0, 0.1) is 0 Å². The first-order valence-corrected chi connectivity index (χ1v) is 5.44. The summed E-state index contributed by atoms with van der Waals surface area (Å²) in [6.07, 6.45) is 1.93. The zero-order chi connectivity index (χ0) is 11.0. The first-order chi connectivity index (χ1) is 7.09. The molecule has 84 valence electrons. The fourth-order valence-corrected chi connectivity index (χ4v) is 1.81. The van der Waals surface area contributed by atoms with Crippen molar-refractivity contribution in [3.63, 3.8) is 0 Å². The number of hydrogen-bond acceptors (Lipinski definition) is 3. The molecular formula is C11H19N3O. The minimum Gasteiger partial charge on any atom is -0.476 e. The Morgan fingerprint density at radius 1 is 1.53 bits per heavy atom. The third kappa shape index (κ3) is 1.86.